The highest BCUT2D eigenvalue weighted by Gasteiger charge is 2.38. The van der Waals surface area contributed by atoms with Gasteiger partial charge >= 0.3 is 0 Å². The van der Waals surface area contributed by atoms with Gasteiger partial charge in [-0.2, -0.15) is 4.98 Å². The first-order chi connectivity index (χ1) is 11.2. The van der Waals surface area contributed by atoms with Gasteiger partial charge in [-0.3, -0.25) is 4.40 Å². The van der Waals surface area contributed by atoms with Gasteiger partial charge in [0.05, 0.1) is 12.2 Å². The number of nitrogen functional groups attached to an aromatic ring is 1. The van der Waals surface area contributed by atoms with Crippen molar-refractivity contribution >= 4 is 17.4 Å². The van der Waals surface area contributed by atoms with Crippen molar-refractivity contribution in [2.75, 3.05) is 23.7 Å². The number of anilines is 2. The molecule has 7 heteroatoms. The van der Waals surface area contributed by atoms with Gasteiger partial charge in [0.15, 0.2) is 5.65 Å². The van der Waals surface area contributed by atoms with Crippen LogP contribution in [0, 0.1) is 5.92 Å². The van der Waals surface area contributed by atoms with E-state index in [0.29, 0.717) is 12.1 Å². The lowest BCUT2D eigenvalue weighted by molar-refractivity contribution is -0.0411. The van der Waals surface area contributed by atoms with Gasteiger partial charge in [0.2, 0.25) is 5.95 Å². The second-order valence-electron chi connectivity index (χ2n) is 6.71. The van der Waals surface area contributed by atoms with Gasteiger partial charge in [-0.05, 0) is 25.2 Å². The van der Waals surface area contributed by atoms with Crippen LogP contribution in [0.25, 0.3) is 5.65 Å². The van der Waals surface area contributed by atoms with Gasteiger partial charge in [-0.1, -0.05) is 19.8 Å². The van der Waals surface area contributed by atoms with Gasteiger partial charge in [0.25, 0.3) is 0 Å². The molecule has 7 nitrogen and oxygen atoms in total. The molecule has 124 valence electrons. The van der Waals surface area contributed by atoms with Crippen LogP contribution in [0.15, 0.2) is 12.4 Å². The number of fused-ring (bicyclic) bond motifs is 1. The van der Waals surface area contributed by atoms with Crippen LogP contribution in [0.5, 0.6) is 0 Å². The molecule has 0 aromatic carbocycles. The van der Waals surface area contributed by atoms with Gasteiger partial charge in [0.1, 0.15) is 12.1 Å². The Kier molecular flexibility index (Phi) is 3.80. The minimum atomic E-state index is 0.284. The topological polar surface area (TPSA) is 81.6 Å². The van der Waals surface area contributed by atoms with Crippen molar-refractivity contribution in [2.45, 2.75) is 51.2 Å². The first kappa shape index (κ1) is 14.7. The summed E-state index contributed by atoms with van der Waals surface area (Å²) in [5, 5.41) is 8.01. The quantitative estimate of drug-likeness (QED) is 0.907. The Balaban J connectivity index is 1.59. The molecule has 0 radical (unpaired) electrons. The monoisotopic (exact) mass is 316 g/mol. The second-order valence-corrected chi connectivity index (χ2v) is 6.71. The lowest BCUT2D eigenvalue weighted by Crippen LogP contribution is -2.49. The van der Waals surface area contributed by atoms with E-state index in [1.165, 1.54) is 25.7 Å². The van der Waals surface area contributed by atoms with Gasteiger partial charge in [-0.15, -0.1) is 10.2 Å². The maximum Gasteiger partial charge on any atom is 0.209 e. The molecule has 2 atom stereocenters. The van der Waals surface area contributed by atoms with Crippen molar-refractivity contribution in [3.05, 3.63) is 12.4 Å². The third kappa shape index (κ3) is 2.97. The average Bonchev–Trinajstić information content (AvgIpc) is 3.30. The summed E-state index contributed by atoms with van der Waals surface area (Å²) in [6.45, 7) is 3.99. The highest BCUT2D eigenvalue weighted by atomic mass is 16.5. The summed E-state index contributed by atoms with van der Waals surface area (Å²) < 4.78 is 8.04. The molecule has 2 aromatic heterocycles. The standard InChI is InChI=1S/C16H24N6O/c1-2-3-4-12-8-21(9-13(23-12)11-5-6-11)14-7-15-20-18-10-22(15)16(17)19-14/h7,10-13H,2-6,8-9H2,1H3,(H2,17,19)/t12-,13-/m1/s1. The maximum atomic E-state index is 6.33. The van der Waals surface area contributed by atoms with E-state index in [4.69, 9.17) is 10.5 Å². The highest BCUT2D eigenvalue weighted by Crippen LogP contribution is 2.38. The SMILES string of the molecule is CCCC[C@@H]1CN(c2cc3nncn3c(N)n2)C[C@H](C2CC2)O1. The van der Waals surface area contributed by atoms with Crippen LogP contribution < -0.4 is 10.6 Å². The molecule has 1 saturated heterocycles. The summed E-state index contributed by atoms with van der Waals surface area (Å²) in [6.07, 6.45) is 8.29. The second kappa shape index (κ2) is 5.96. The number of nitrogens with two attached hydrogens (primary N) is 1. The maximum absolute atomic E-state index is 6.33. The molecule has 3 heterocycles. The van der Waals surface area contributed by atoms with E-state index in [1.54, 1.807) is 10.7 Å². The molecule has 4 rings (SSSR count). The Morgan fingerprint density at radius 2 is 2.22 bits per heavy atom. The molecule has 1 aliphatic heterocycles. The number of aromatic nitrogens is 4. The number of nitrogens with zero attached hydrogens (tertiary/aromatic N) is 5. The van der Waals surface area contributed by atoms with Crippen LogP contribution in [0.2, 0.25) is 0 Å². The Hall–Kier alpha value is -1.89. The number of rotatable bonds is 5. The summed E-state index contributed by atoms with van der Waals surface area (Å²) in [5.74, 6) is 2.04. The summed E-state index contributed by atoms with van der Waals surface area (Å²) in [7, 11) is 0. The number of hydrogen-bond donors (Lipinski definition) is 1. The van der Waals surface area contributed by atoms with Crippen molar-refractivity contribution in [1.82, 2.24) is 19.6 Å². The van der Waals surface area contributed by atoms with Gasteiger partial charge < -0.3 is 15.4 Å². The van der Waals surface area contributed by atoms with Crippen LogP contribution in [0.4, 0.5) is 11.8 Å². The Morgan fingerprint density at radius 1 is 1.35 bits per heavy atom. The van der Waals surface area contributed by atoms with Gasteiger partial charge in [0, 0.05) is 19.2 Å². The van der Waals surface area contributed by atoms with E-state index in [1.807, 2.05) is 6.07 Å². The number of unbranched alkanes of at least 4 members (excludes halogenated alkanes) is 1. The van der Waals surface area contributed by atoms with E-state index >= 15 is 0 Å². The number of hydrogen-bond acceptors (Lipinski definition) is 6. The fourth-order valence-corrected chi connectivity index (χ4v) is 3.38. The first-order valence-electron chi connectivity index (χ1n) is 8.61. The summed E-state index contributed by atoms with van der Waals surface area (Å²) >= 11 is 0. The molecule has 0 amide bonds. The minimum Gasteiger partial charge on any atom is -0.371 e. The Morgan fingerprint density at radius 3 is 3.00 bits per heavy atom. The Labute approximate surface area is 135 Å². The van der Waals surface area contributed by atoms with Crippen LogP contribution in [0.3, 0.4) is 0 Å². The molecule has 0 unspecified atom stereocenters. The Bertz CT molecular complexity index is 682. The van der Waals surface area contributed by atoms with E-state index in [2.05, 4.69) is 27.0 Å². The molecule has 1 saturated carbocycles. The number of morpholine rings is 1. The third-order valence-corrected chi connectivity index (χ3v) is 4.85. The fraction of sp³-hybridized carbons (Fsp3) is 0.688. The van der Waals surface area contributed by atoms with Crippen LogP contribution >= 0.6 is 0 Å². The lowest BCUT2D eigenvalue weighted by Gasteiger charge is -2.39. The smallest absolute Gasteiger partial charge is 0.209 e. The van der Waals surface area contributed by atoms with E-state index < -0.39 is 0 Å². The summed E-state index contributed by atoms with van der Waals surface area (Å²) in [4.78, 5) is 6.87. The molecule has 0 spiro atoms. The zero-order chi connectivity index (χ0) is 15.8. The third-order valence-electron chi connectivity index (χ3n) is 4.85. The molecule has 0 bridgehead atoms. The van der Waals surface area contributed by atoms with Crippen molar-refractivity contribution in [3.8, 4) is 0 Å². The van der Waals surface area contributed by atoms with Crippen LogP contribution in [-0.2, 0) is 4.74 Å². The average molecular weight is 316 g/mol. The minimum absolute atomic E-state index is 0.284. The lowest BCUT2D eigenvalue weighted by atomic mass is 10.1. The normalized spacial score (nSPS) is 25.2. The highest BCUT2D eigenvalue weighted by molar-refractivity contribution is 5.55. The molecular weight excluding hydrogens is 292 g/mol. The van der Waals surface area contributed by atoms with Crippen molar-refractivity contribution in [3.63, 3.8) is 0 Å². The molecule has 23 heavy (non-hydrogen) atoms. The van der Waals surface area contributed by atoms with Gasteiger partial charge in [-0.25, -0.2) is 0 Å². The summed E-state index contributed by atoms with van der Waals surface area (Å²) in [5.41, 5.74) is 6.79. The molecule has 2 fully saturated rings. The fourth-order valence-electron chi connectivity index (χ4n) is 3.38. The molecular formula is C16H24N6O. The van der Waals surface area contributed by atoms with E-state index in [9.17, 15) is 0 Å². The molecule has 1 aliphatic carbocycles. The predicted molar refractivity (Wildman–Crippen MR) is 88.3 cm³/mol. The largest absolute Gasteiger partial charge is 0.371 e. The van der Waals surface area contributed by atoms with E-state index in [0.717, 1.165) is 36.9 Å². The van der Waals surface area contributed by atoms with Crippen LogP contribution in [0.1, 0.15) is 39.0 Å². The first-order valence-corrected chi connectivity index (χ1v) is 8.61. The molecule has 2 aliphatic rings. The van der Waals surface area contributed by atoms with Crippen molar-refractivity contribution < 1.29 is 4.74 Å². The van der Waals surface area contributed by atoms with Crippen molar-refractivity contribution in [1.29, 1.82) is 0 Å². The zero-order valence-corrected chi connectivity index (χ0v) is 13.6. The van der Waals surface area contributed by atoms with Crippen molar-refractivity contribution in [2.24, 2.45) is 5.92 Å². The van der Waals surface area contributed by atoms with E-state index in [-0.39, 0.29) is 6.10 Å². The zero-order valence-electron chi connectivity index (χ0n) is 13.6. The molecule has 2 N–H and O–H groups in total. The predicted octanol–water partition coefficient (Wildman–Crippen LogP) is 1.88. The molecule has 2 aromatic rings. The number of ether oxygens (including phenoxy) is 1. The van der Waals surface area contributed by atoms with Crippen LogP contribution in [-0.4, -0.2) is 44.9 Å². The summed E-state index contributed by atoms with van der Waals surface area (Å²) in [6, 6.07) is 1.97.